The number of carbonyl (C=O) groups is 1. The van der Waals surface area contributed by atoms with Gasteiger partial charge in [0.25, 0.3) is 5.91 Å². The van der Waals surface area contributed by atoms with Crippen LogP contribution < -0.4 is 5.32 Å². The monoisotopic (exact) mass is 325 g/mol. The van der Waals surface area contributed by atoms with Crippen LogP contribution in [0, 0.1) is 0 Å². The van der Waals surface area contributed by atoms with E-state index in [1.807, 2.05) is 42.5 Å². The maximum absolute atomic E-state index is 12.6. The average Bonchev–Trinajstić information content (AvgIpc) is 2.90. The van der Waals surface area contributed by atoms with Crippen molar-refractivity contribution in [3.8, 4) is 11.3 Å². The Morgan fingerprint density at radius 3 is 2.57 bits per heavy atom. The van der Waals surface area contributed by atoms with Gasteiger partial charge in [-0.25, -0.2) is 0 Å². The Morgan fingerprint density at radius 1 is 1.09 bits per heavy atom. The zero-order valence-electron chi connectivity index (χ0n) is 12.5. The zero-order chi connectivity index (χ0) is 15.8. The van der Waals surface area contributed by atoms with Gasteiger partial charge in [-0.2, -0.15) is 0 Å². The van der Waals surface area contributed by atoms with Crippen LogP contribution in [0.4, 0.5) is 0 Å². The molecule has 1 aliphatic rings. The van der Waals surface area contributed by atoms with E-state index in [4.69, 9.17) is 16.0 Å². The number of hydrogen-bond acceptors (Lipinski definition) is 2. The minimum absolute atomic E-state index is 0.149. The predicted molar refractivity (Wildman–Crippen MR) is 91.8 cm³/mol. The molecule has 0 spiro atoms. The summed E-state index contributed by atoms with van der Waals surface area (Å²) in [6.45, 7) is 0. The van der Waals surface area contributed by atoms with Crippen LogP contribution in [0.2, 0.25) is 5.02 Å². The summed E-state index contributed by atoms with van der Waals surface area (Å²) in [5.74, 6) is 0.897. The second-order valence-electron chi connectivity index (χ2n) is 5.92. The molecule has 1 fully saturated rings. The summed E-state index contributed by atoms with van der Waals surface area (Å²) in [6, 6.07) is 15.5. The molecule has 1 N–H and O–H groups in total. The van der Waals surface area contributed by atoms with Gasteiger partial charge in [0.2, 0.25) is 0 Å². The molecule has 0 aliphatic heterocycles. The Morgan fingerprint density at radius 2 is 1.87 bits per heavy atom. The largest absolute Gasteiger partial charge is 0.450 e. The summed E-state index contributed by atoms with van der Waals surface area (Å²) < 4.78 is 5.97. The molecule has 0 radical (unpaired) electrons. The van der Waals surface area contributed by atoms with E-state index in [0.29, 0.717) is 16.5 Å². The Bertz CT molecular complexity index is 866. The average molecular weight is 326 g/mol. The van der Waals surface area contributed by atoms with E-state index in [9.17, 15) is 4.79 Å². The molecule has 1 heterocycles. The van der Waals surface area contributed by atoms with E-state index in [2.05, 4.69) is 5.32 Å². The molecule has 0 saturated heterocycles. The van der Waals surface area contributed by atoms with Crippen LogP contribution in [0.1, 0.15) is 29.8 Å². The van der Waals surface area contributed by atoms with Gasteiger partial charge in [0.15, 0.2) is 5.76 Å². The number of carbonyl (C=O) groups excluding carboxylic acids is 1. The highest BCUT2D eigenvalue weighted by atomic mass is 35.5. The molecule has 3 aromatic rings. The highest BCUT2D eigenvalue weighted by Gasteiger charge is 2.25. The highest BCUT2D eigenvalue weighted by molar-refractivity contribution is 6.31. The topological polar surface area (TPSA) is 42.2 Å². The van der Waals surface area contributed by atoms with Crippen molar-refractivity contribution in [3.63, 3.8) is 0 Å². The van der Waals surface area contributed by atoms with E-state index in [1.165, 1.54) is 6.42 Å². The fourth-order valence-corrected chi connectivity index (χ4v) is 3.06. The third-order valence-corrected chi connectivity index (χ3v) is 4.59. The van der Waals surface area contributed by atoms with Crippen LogP contribution in [0.15, 0.2) is 52.9 Å². The lowest BCUT2D eigenvalue weighted by Crippen LogP contribution is -2.39. The van der Waals surface area contributed by atoms with Crippen LogP contribution in [-0.2, 0) is 0 Å². The molecule has 4 rings (SSSR count). The van der Waals surface area contributed by atoms with Crippen molar-refractivity contribution in [2.24, 2.45) is 0 Å². The number of fused-ring (bicyclic) bond motifs is 1. The molecule has 0 unspecified atom stereocenters. The fraction of sp³-hybridized carbons (Fsp3) is 0.211. The molecular weight excluding hydrogens is 310 g/mol. The first kappa shape index (κ1) is 14.3. The van der Waals surface area contributed by atoms with E-state index in [0.717, 1.165) is 29.2 Å². The van der Waals surface area contributed by atoms with Crippen molar-refractivity contribution < 1.29 is 9.21 Å². The summed E-state index contributed by atoms with van der Waals surface area (Å²) in [5, 5.41) is 5.32. The normalized spacial score (nSPS) is 14.7. The van der Waals surface area contributed by atoms with Gasteiger partial charge < -0.3 is 9.73 Å². The second-order valence-corrected chi connectivity index (χ2v) is 6.35. The molecule has 1 aromatic heterocycles. The Balaban J connectivity index is 1.83. The predicted octanol–water partition coefficient (Wildman–Crippen LogP) is 5.04. The summed E-state index contributed by atoms with van der Waals surface area (Å²) in [6.07, 6.45) is 3.26. The van der Waals surface area contributed by atoms with Crippen LogP contribution in [0.25, 0.3) is 22.1 Å². The van der Waals surface area contributed by atoms with Crippen LogP contribution in [0.3, 0.4) is 0 Å². The van der Waals surface area contributed by atoms with E-state index in [-0.39, 0.29) is 11.9 Å². The lowest BCUT2D eigenvalue weighted by Gasteiger charge is -2.25. The quantitative estimate of drug-likeness (QED) is 0.733. The van der Waals surface area contributed by atoms with Crippen molar-refractivity contribution in [2.45, 2.75) is 25.3 Å². The van der Waals surface area contributed by atoms with E-state index < -0.39 is 0 Å². The van der Waals surface area contributed by atoms with Gasteiger partial charge in [0.1, 0.15) is 5.76 Å². The first-order chi connectivity index (χ1) is 11.2. The first-order valence-corrected chi connectivity index (χ1v) is 8.18. The molecule has 1 amide bonds. The van der Waals surface area contributed by atoms with Gasteiger partial charge in [-0.05, 0) is 37.5 Å². The number of rotatable bonds is 3. The van der Waals surface area contributed by atoms with Crippen molar-refractivity contribution >= 4 is 28.3 Å². The van der Waals surface area contributed by atoms with Gasteiger partial charge in [0.05, 0.1) is 0 Å². The number of hydrogen-bond donors (Lipinski definition) is 1. The number of amides is 1. The van der Waals surface area contributed by atoms with Crippen molar-refractivity contribution in [2.75, 3.05) is 0 Å². The lowest BCUT2D eigenvalue weighted by atomic mass is 9.93. The molecule has 23 heavy (non-hydrogen) atoms. The molecule has 1 saturated carbocycles. The molecular formula is C19H16ClNO2. The minimum atomic E-state index is -0.149. The second kappa shape index (κ2) is 5.74. The van der Waals surface area contributed by atoms with E-state index in [1.54, 1.807) is 6.07 Å². The highest BCUT2D eigenvalue weighted by Crippen LogP contribution is 2.35. The zero-order valence-corrected chi connectivity index (χ0v) is 13.3. The molecule has 4 heteroatoms. The van der Waals surface area contributed by atoms with Gasteiger partial charge in [-0.1, -0.05) is 41.9 Å². The minimum Gasteiger partial charge on any atom is -0.450 e. The van der Waals surface area contributed by atoms with Crippen molar-refractivity contribution in [3.05, 3.63) is 59.3 Å². The number of benzene rings is 2. The van der Waals surface area contributed by atoms with Crippen molar-refractivity contribution in [1.82, 2.24) is 5.32 Å². The Hall–Kier alpha value is -2.26. The van der Waals surface area contributed by atoms with Gasteiger partial charge in [0, 0.05) is 27.4 Å². The molecule has 116 valence electrons. The molecule has 0 atom stereocenters. The smallest absolute Gasteiger partial charge is 0.287 e. The first-order valence-electron chi connectivity index (χ1n) is 7.81. The van der Waals surface area contributed by atoms with Crippen LogP contribution in [-0.4, -0.2) is 11.9 Å². The third kappa shape index (κ3) is 2.62. The standard InChI is InChI=1S/C19H16ClNO2/c20-13-9-10-15-16(11-13)17(12-5-2-1-3-6-12)23-18(15)19(22)21-14-7-4-8-14/h1-3,5-6,9-11,14H,4,7-8H2,(H,21,22). The summed E-state index contributed by atoms with van der Waals surface area (Å²) in [5.41, 5.74) is 0.933. The Kier molecular flexibility index (Phi) is 3.58. The number of furan rings is 1. The van der Waals surface area contributed by atoms with Crippen LogP contribution in [0.5, 0.6) is 0 Å². The van der Waals surface area contributed by atoms with Gasteiger partial charge in [-0.15, -0.1) is 0 Å². The number of halogens is 1. The maximum Gasteiger partial charge on any atom is 0.287 e. The number of nitrogens with one attached hydrogen (secondary N) is 1. The van der Waals surface area contributed by atoms with Crippen molar-refractivity contribution in [1.29, 1.82) is 0 Å². The lowest BCUT2D eigenvalue weighted by molar-refractivity contribution is 0.0892. The fourth-order valence-electron chi connectivity index (χ4n) is 2.89. The Labute approximate surface area is 139 Å². The maximum atomic E-state index is 12.6. The summed E-state index contributed by atoms with van der Waals surface area (Å²) in [7, 11) is 0. The summed E-state index contributed by atoms with van der Waals surface area (Å²) in [4.78, 5) is 12.6. The van der Waals surface area contributed by atoms with Gasteiger partial charge in [-0.3, -0.25) is 4.79 Å². The van der Waals surface area contributed by atoms with Crippen LogP contribution >= 0.6 is 11.6 Å². The summed E-state index contributed by atoms with van der Waals surface area (Å²) >= 11 is 6.14. The molecule has 1 aliphatic carbocycles. The van der Waals surface area contributed by atoms with Gasteiger partial charge >= 0.3 is 0 Å². The third-order valence-electron chi connectivity index (χ3n) is 4.36. The molecule has 3 nitrogen and oxygen atoms in total. The molecule has 0 bridgehead atoms. The van der Waals surface area contributed by atoms with E-state index >= 15 is 0 Å². The SMILES string of the molecule is O=C(NC1CCC1)c1oc(-c2ccccc2)c2cc(Cl)ccc12. The molecule has 2 aromatic carbocycles.